The molecule has 1 aromatic carbocycles. The first-order valence-corrected chi connectivity index (χ1v) is 10.4. The summed E-state index contributed by atoms with van der Waals surface area (Å²) in [6, 6.07) is 11.4. The van der Waals surface area contributed by atoms with Gasteiger partial charge in [0.1, 0.15) is 0 Å². The Morgan fingerprint density at radius 3 is 2.63 bits per heavy atom. The second-order valence-corrected chi connectivity index (χ2v) is 7.81. The second-order valence-electron chi connectivity index (χ2n) is 7.42. The van der Waals surface area contributed by atoms with Crippen LogP contribution in [-0.2, 0) is 4.79 Å². The molecule has 9 heteroatoms. The number of carbonyl (C=O) groups is 1. The standard InChI is InChI=1S/C21H21N7OS/c29-20-18(25-28-19(23-24-21(28)30)15-8-10-22-11-9-15)16-6-2-3-7-17(16)27(20)14-26-12-4-1-5-13-26/h2-3,6-11H,1,4-5,12-14H2,(H,24,30)/b25-18-. The lowest BCUT2D eigenvalue weighted by Gasteiger charge is -2.30. The van der Waals surface area contributed by atoms with Gasteiger partial charge in [-0.2, -0.15) is 14.9 Å². The topological polar surface area (TPSA) is 82.4 Å². The lowest BCUT2D eigenvalue weighted by molar-refractivity contribution is -0.112. The molecule has 1 amide bonds. The van der Waals surface area contributed by atoms with E-state index in [1.165, 1.54) is 23.9 Å². The average molecular weight is 420 g/mol. The number of likely N-dealkylation sites (tertiary alicyclic amines) is 1. The molecule has 0 aliphatic carbocycles. The minimum absolute atomic E-state index is 0.120. The SMILES string of the molecule is O=C1/C(=N\n2c(-c3ccncc3)n[nH]c2=S)c2ccccc2N1CN1CCCCC1. The van der Waals surface area contributed by atoms with Crippen molar-refractivity contribution in [1.29, 1.82) is 0 Å². The van der Waals surface area contributed by atoms with Gasteiger partial charge >= 0.3 is 0 Å². The average Bonchev–Trinajstić information content (AvgIpc) is 3.28. The number of benzene rings is 1. The number of hydrogen-bond acceptors (Lipinski definition) is 6. The number of nitrogens with zero attached hydrogens (tertiary/aromatic N) is 6. The van der Waals surface area contributed by atoms with Gasteiger partial charge in [-0.15, -0.1) is 0 Å². The molecule has 3 aromatic rings. The number of anilines is 1. The van der Waals surface area contributed by atoms with Crippen molar-refractivity contribution in [2.24, 2.45) is 5.10 Å². The van der Waals surface area contributed by atoms with Gasteiger partial charge in [0.15, 0.2) is 11.5 Å². The van der Waals surface area contributed by atoms with E-state index >= 15 is 0 Å². The Morgan fingerprint density at radius 1 is 1.07 bits per heavy atom. The van der Waals surface area contributed by atoms with Crippen LogP contribution < -0.4 is 4.90 Å². The molecule has 0 saturated carbocycles. The molecule has 1 fully saturated rings. The van der Waals surface area contributed by atoms with E-state index in [1.54, 1.807) is 12.4 Å². The summed E-state index contributed by atoms with van der Waals surface area (Å²) in [6.45, 7) is 2.59. The largest absolute Gasteiger partial charge is 0.293 e. The summed E-state index contributed by atoms with van der Waals surface area (Å²) in [5.74, 6) is 0.417. The predicted molar refractivity (Wildman–Crippen MR) is 117 cm³/mol. The third-order valence-corrected chi connectivity index (χ3v) is 5.74. The van der Waals surface area contributed by atoms with Crippen LogP contribution in [0.1, 0.15) is 24.8 Å². The Hall–Kier alpha value is -3.17. The number of H-pyrrole nitrogens is 1. The Balaban J connectivity index is 1.55. The van der Waals surface area contributed by atoms with Crippen molar-refractivity contribution >= 4 is 29.5 Å². The number of pyridine rings is 1. The monoisotopic (exact) mass is 419 g/mol. The van der Waals surface area contributed by atoms with Crippen molar-refractivity contribution in [1.82, 2.24) is 24.8 Å². The Labute approximate surface area is 178 Å². The highest BCUT2D eigenvalue weighted by atomic mass is 32.1. The lowest BCUT2D eigenvalue weighted by Crippen LogP contribution is -2.43. The van der Waals surface area contributed by atoms with Crippen LogP contribution in [0.25, 0.3) is 11.4 Å². The van der Waals surface area contributed by atoms with E-state index in [0.717, 1.165) is 29.9 Å². The number of aromatic nitrogens is 4. The van der Waals surface area contributed by atoms with Gasteiger partial charge in [0.2, 0.25) is 4.77 Å². The molecule has 1 saturated heterocycles. The first-order chi connectivity index (χ1) is 14.7. The van der Waals surface area contributed by atoms with Gasteiger partial charge in [-0.3, -0.25) is 19.6 Å². The molecule has 2 aliphatic rings. The predicted octanol–water partition coefficient (Wildman–Crippen LogP) is 3.05. The van der Waals surface area contributed by atoms with Gasteiger partial charge in [0, 0.05) is 23.5 Å². The molecule has 30 heavy (non-hydrogen) atoms. The number of hydrogen-bond donors (Lipinski definition) is 1. The van der Waals surface area contributed by atoms with Crippen molar-refractivity contribution in [2.45, 2.75) is 19.3 Å². The van der Waals surface area contributed by atoms with Crippen molar-refractivity contribution in [3.63, 3.8) is 0 Å². The highest BCUT2D eigenvalue weighted by molar-refractivity contribution is 7.71. The van der Waals surface area contributed by atoms with Crippen molar-refractivity contribution in [2.75, 3.05) is 24.7 Å². The van der Waals surface area contributed by atoms with E-state index in [-0.39, 0.29) is 5.91 Å². The molecule has 2 aliphatic heterocycles. The summed E-state index contributed by atoms with van der Waals surface area (Å²) in [7, 11) is 0. The van der Waals surface area contributed by atoms with Gasteiger partial charge < -0.3 is 0 Å². The molecule has 5 rings (SSSR count). The second kappa shape index (κ2) is 7.92. The van der Waals surface area contributed by atoms with Crippen LogP contribution in [0.15, 0.2) is 53.9 Å². The number of piperidine rings is 1. The molecule has 0 spiro atoms. The molecular formula is C21H21N7OS. The summed E-state index contributed by atoms with van der Waals surface area (Å²) >= 11 is 5.39. The quantitative estimate of drug-likeness (QED) is 0.658. The number of amides is 1. The summed E-state index contributed by atoms with van der Waals surface area (Å²) in [5, 5.41) is 11.7. The van der Waals surface area contributed by atoms with Crippen LogP contribution in [0.5, 0.6) is 0 Å². The maximum Gasteiger partial charge on any atom is 0.280 e. The molecule has 8 nitrogen and oxygen atoms in total. The summed E-state index contributed by atoms with van der Waals surface area (Å²) in [5.41, 5.74) is 2.87. The fourth-order valence-electron chi connectivity index (χ4n) is 3.97. The molecule has 0 bridgehead atoms. The Kier molecular flexibility index (Phi) is 4.97. The van der Waals surface area contributed by atoms with Crippen LogP contribution in [0, 0.1) is 4.77 Å². The van der Waals surface area contributed by atoms with Crippen molar-refractivity contribution < 1.29 is 4.79 Å². The van der Waals surface area contributed by atoms with Crippen LogP contribution in [0.4, 0.5) is 5.69 Å². The zero-order valence-corrected chi connectivity index (χ0v) is 17.2. The molecule has 1 N–H and O–H groups in total. The van der Waals surface area contributed by atoms with Crippen LogP contribution in [0.3, 0.4) is 0 Å². The van der Waals surface area contributed by atoms with Gasteiger partial charge in [0.25, 0.3) is 5.91 Å². The third kappa shape index (κ3) is 3.35. The van der Waals surface area contributed by atoms with E-state index < -0.39 is 0 Å². The first kappa shape index (κ1) is 18.8. The molecule has 0 unspecified atom stereocenters. The van der Waals surface area contributed by atoms with Crippen molar-refractivity contribution in [3.8, 4) is 11.4 Å². The highest BCUT2D eigenvalue weighted by Gasteiger charge is 2.35. The maximum absolute atomic E-state index is 13.4. The van der Waals surface area contributed by atoms with Crippen LogP contribution in [0.2, 0.25) is 0 Å². The first-order valence-electron chi connectivity index (χ1n) is 10.0. The molecule has 0 atom stereocenters. The van der Waals surface area contributed by atoms with Gasteiger partial charge in [-0.05, 0) is 56.3 Å². The molecular weight excluding hydrogens is 398 g/mol. The fourth-order valence-corrected chi connectivity index (χ4v) is 4.14. The minimum atomic E-state index is -0.120. The van der Waals surface area contributed by atoms with E-state index in [1.807, 2.05) is 41.3 Å². The van der Waals surface area contributed by atoms with E-state index in [2.05, 4.69) is 25.2 Å². The van der Waals surface area contributed by atoms with Crippen molar-refractivity contribution in [3.05, 3.63) is 59.1 Å². The smallest absolute Gasteiger partial charge is 0.280 e. The van der Waals surface area contributed by atoms with E-state index in [9.17, 15) is 4.79 Å². The Morgan fingerprint density at radius 2 is 1.83 bits per heavy atom. The third-order valence-electron chi connectivity index (χ3n) is 5.48. The van der Waals surface area contributed by atoms with E-state index in [0.29, 0.717) is 23.0 Å². The molecule has 0 radical (unpaired) electrons. The van der Waals surface area contributed by atoms with E-state index in [4.69, 9.17) is 12.2 Å². The number of para-hydroxylation sites is 1. The number of nitrogens with one attached hydrogen (secondary N) is 1. The summed E-state index contributed by atoms with van der Waals surface area (Å²) in [6.07, 6.45) is 6.96. The number of carbonyl (C=O) groups excluding carboxylic acids is 1. The normalized spacial score (nSPS) is 18.2. The minimum Gasteiger partial charge on any atom is -0.293 e. The highest BCUT2D eigenvalue weighted by Crippen LogP contribution is 2.30. The number of fused-ring (bicyclic) bond motifs is 1. The molecule has 4 heterocycles. The fraction of sp³-hybridized carbons (Fsp3) is 0.286. The number of aromatic amines is 1. The lowest BCUT2D eigenvalue weighted by atomic mass is 10.1. The number of rotatable bonds is 4. The summed E-state index contributed by atoms with van der Waals surface area (Å²) < 4.78 is 1.84. The zero-order valence-electron chi connectivity index (χ0n) is 16.4. The zero-order chi connectivity index (χ0) is 20.5. The van der Waals surface area contributed by atoms with Gasteiger partial charge in [-0.25, -0.2) is 5.10 Å². The molecule has 2 aromatic heterocycles. The van der Waals surface area contributed by atoms with Gasteiger partial charge in [-0.1, -0.05) is 24.6 Å². The summed E-state index contributed by atoms with van der Waals surface area (Å²) in [4.78, 5) is 21.6. The Bertz CT molecular complexity index is 1160. The molecule has 152 valence electrons. The van der Waals surface area contributed by atoms with Crippen LogP contribution >= 0.6 is 12.2 Å². The van der Waals surface area contributed by atoms with Gasteiger partial charge in [0.05, 0.1) is 12.4 Å². The maximum atomic E-state index is 13.4. The van der Waals surface area contributed by atoms with Crippen LogP contribution in [-0.4, -0.2) is 56.1 Å².